The van der Waals surface area contributed by atoms with Crippen molar-refractivity contribution < 1.29 is 14.7 Å². The third-order valence-electron chi connectivity index (χ3n) is 1.94. The number of nitrogens with one attached hydrogen (secondary N) is 2. The molecule has 0 saturated carbocycles. The predicted molar refractivity (Wildman–Crippen MR) is 58.6 cm³/mol. The molecule has 2 amide bonds. The smallest absolute Gasteiger partial charge is 0.273 e. The van der Waals surface area contributed by atoms with Crippen LogP contribution in [0.4, 0.5) is 0 Å². The minimum absolute atomic E-state index is 0.121. The molecule has 0 aromatic heterocycles. The zero-order valence-corrected chi connectivity index (χ0v) is 8.99. The Hall–Kier alpha value is -2.04. The Labute approximate surface area is 93.4 Å². The van der Waals surface area contributed by atoms with Crippen molar-refractivity contribution >= 4 is 11.8 Å². The van der Waals surface area contributed by atoms with E-state index in [-0.39, 0.29) is 17.2 Å². The molecule has 3 N–H and O–H groups in total. The van der Waals surface area contributed by atoms with E-state index >= 15 is 0 Å². The van der Waals surface area contributed by atoms with E-state index < -0.39 is 5.91 Å². The number of rotatable bonds is 3. The summed E-state index contributed by atoms with van der Waals surface area (Å²) in [4.78, 5) is 22.6. The van der Waals surface area contributed by atoms with Gasteiger partial charge in [-0.15, -0.1) is 0 Å². The molecular weight excluding hydrogens is 208 g/mol. The lowest BCUT2D eigenvalue weighted by molar-refractivity contribution is -0.121. The Kier molecular flexibility index (Phi) is 4.32. The molecule has 0 radical (unpaired) electrons. The highest BCUT2D eigenvalue weighted by atomic mass is 16.3. The van der Waals surface area contributed by atoms with Crippen LogP contribution in [0.1, 0.15) is 30.1 Å². The quantitative estimate of drug-likeness (QED) is 0.666. The first-order valence-corrected chi connectivity index (χ1v) is 5.02. The van der Waals surface area contributed by atoms with E-state index in [2.05, 4.69) is 10.9 Å². The number of hydrogen-bond donors (Lipinski definition) is 3. The average molecular weight is 222 g/mol. The molecule has 0 aliphatic carbocycles. The minimum atomic E-state index is -0.539. The van der Waals surface area contributed by atoms with E-state index in [0.717, 1.165) is 0 Å². The number of hydrogen-bond acceptors (Lipinski definition) is 3. The standard InChI is InChI=1S/C11H14N2O3/c1-2-5-10(15)12-13-11(16)8-6-3-4-7-9(8)14/h3-4,6-7,14H,2,5H2,1H3,(H,12,15)(H,13,16). The van der Waals surface area contributed by atoms with Crippen molar-refractivity contribution in [3.8, 4) is 5.75 Å². The van der Waals surface area contributed by atoms with Gasteiger partial charge in [0.15, 0.2) is 0 Å². The van der Waals surface area contributed by atoms with Crippen molar-refractivity contribution in [3.05, 3.63) is 29.8 Å². The lowest BCUT2D eigenvalue weighted by Gasteiger charge is -2.07. The molecule has 0 bridgehead atoms. The third kappa shape index (κ3) is 3.27. The maximum absolute atomic E-state index is 11.5. The summed E-state index contributed by atoms with van der Waals surface area (Å²) in [5.41, 5.74) is 4.61. The molecule has 5 nitrogen and oxygen atoms in total. The van der Waals surface area contributed by atoms with Gasteiger partial charge in [0.05, 0.1) is 5.56 Å². The fraction of sp³-hybridized carbons (Fsp3) is 0.273. The van der Waals surface area contributed by atoms with Crippen LogP contribution in [-0.2, 0) is 4.79 Å². The van der Waals surface area contributed by atoms with Gasteiger partial charge >= 0.3 is 0 Å². The Morgan fingerprint density at radius 2 is 1.94 bits per heavy atom. The Morgan fingerprint density at radius 1 is 1.25 bits per heavy atom. The summed E-state index contributed by atoms with van der Waals surface area (Å²) in [6.45, 7) is 1.87. The van der Waals surface area contributed by atoms with Gasteiger partial charge in [-0.3, -0.25) is 20.4 Å². The maximum Gasteiger partial charge on any atom is 0.273 e. The number of phenols is 1. The number of phenolic OH excluding ortho intramolecular Hbond substituents is 1. The van der Waals surface area contributed by atoms with Gasteiger partial charge < -0.3 is 5.11 Å². The highest BCUT2D eigenvalue weighted by Crippen LogP contribution is 2.14. The van der Waals surface area contributed by atoms with E-state index in [4.69, 9.17) is 0 Å². The predicted octanol–water partition coefficient (Wildman–Crippen LogP) is 0.953. The van der Waals surface area contributed by atoms with Crippen LogP contribution in [0.5, 0.6) is 5.75 Å². The summed E-state index contributed by atoms with van der Waals surface area (Å²) in [7, 11) is 0. The van der Waals surface area contributed by atoms with E-state index in [9.17, 15) is 14.7 Å². The van der Waals surface area contributed by atoms with Crippen molar-refractivity contribution in [1.82, 2.24) is 10.9 Å². The van der Waals surface area contributed by atoms with Gasteiger partial charge in [-0.25, -0.2) is 0 Å². The first kappa shape index (κ1) is 12.0. The van der Waals surface area contributed by atoms with E-state index in [1.165, 1.54) is 12.1 Å². The number of aromatic hydroxyl groups is 1. The summed E-state index contributed by atoms with van der Waals surface area (Å²) < 4.78 is 0. The maximum atomic E-state index is 11.5. The van der Waals surface area contributed by atoms with Crippen molar-refractivity contribution in [3.63, 3.8) is 0 Å². The van der Waals surface area contributed by atoms with E-state index in [0.29, 0.717) is 12.8 Å². The van der Waals surface area contributed by atoms with Crippen LogP contribution in [-0.4, -0.2) is 16.9 Å². The number of amides is 2. The molecule has 0 aliphatic heterocycles. The molecule has 0 spiro atoms. The van der Waals surface area contributed by atoms with Crippen LogP contribution in [0.25, 0.3) is 0 Å². The lowest BCUT2D eigenvalue weighted by Crippen LogP contribution is -2.41. The topological polar surface area (TPSA) is 78.4 Å². The summed E-state index contributed by atoms with van der Waals surface area (Å²) in [6, 6.07) is 6.11. The third-order valence-corrected chi connectivity index (χ3v) is 1.94. The van der Waals surface area contributed by atoms with Gasteiger partial charge in [0.1, 0.15) is 5.75 Å². The van der Waals surface area contributed by atoms with Crippen LogP contribution in [0.3, 0.4) is 0 Å². The van der Waals surface area contributed by atoms with Gasteiger partial charge in [0, 0.05) is 6.42 Å². The Balaban J connectivity index is 2.54. The average Bonchev–Trinajstić information content (AvgIpc) is 2.27. The largest absolute Gasteiger partial charge is 0.507 e. The molecule has 0 atom stereocenters. The number of hydrazine groups is 1. The normalized spacial score (nSPS) is 9.56. The molecular formula is C11H14N2O3. The fourth-order valence-corrected chi connectivity index (χ4v) is 1.15. The summed E-state index contributed by atoms with van der Waals surface area (Å²) in [5, 5.41) is 9.38. The molecule has 0 saturated heterocycles. The SMILES string of the molecule is CCCC(=O)NNC(=O)c1ccccc1O. The molecule has 1 aromatic carbocycles. The molecule has 0 unspecified atom stereocenters. The summed E-state index contributed by atoms with van der Waals surface area (Å²) >= 11 is 0. The molecule has 1 rings (SSSR count). The molecule has 0 aliphatic rings. The number of benzene rings is 1. The van der Waals surface area contributed by atoms with Crippen molar-refractivity contribution in [2.45, 2.75) is 19.8 Å². The second-order valence-electron chi connectivity index (χ2n) is 3.27. The second-order valence-corrected chi connectivity index (χ2v) is 3.27. The van der Waals surface area contributed by atoms with Crippen LogP contribution in [0, 0.1) is 0 Å². The number of carbonyl (C=O) groups excluding carboxylic acids is 2. The van der Waals surface area contributed by atoms with Gasteiger partial charge in [0.2, 0.25) is 5.91 Å². The minimum Gasteiger partial charge on any atom is -0.507 e. The summed E-state index contributed by atoms with van der Waals surface area (Å²) in [6.07, 6.45) is 1.05. The number of carbonyl (C=O) groups is 2. The van der Waals surface area contributed by atoms with Crippen molar-refractivity contribution in [2.75, 3.05) is 0 Å². The van der Waals surface area contributed by atoms with Crippen LogP contribution in [0.15, 0.2) is 24.3 Å². The van der Waals surface area contributed by atoms with Crippen LogP contribution in [0.2, 0.25) is 0 Å². The zero-order chi connectivity index (χ0) is 12.0. The molecule has 0 fully saturated rings. The monoisotopic (exact) mass is 222 g/mol. The van der Waals surface area contributed by atoms with Crippen molar-refractivity contribution in [1.29, 1.82) is 0 Å². The fourth-order valence-electron chi connectivity index (χ4n) is 1.15. The van der Waals surface area contributed by atoms with Crippen molar-refractivity contribution in [2.24, 2.45) is 0 Å². The lowest BCUT2D eigenvalue weighted by atomic mass is 10.2. The first-order chi connectivity index (χ1) is 7.65. The number of para-hydroxylation sites is 1. The van der Waals surface area contributed by atoms with Crippen LogP contribution < -0.4 is 10.9 Å². The molecule has 1 aromatic rings. The van der Waals surface area contributed by atoms with E-state index in [1.54, 1.807) is 12.1 Å². The summed E-state index contributed by atoms with van der Waals surface area (Å²) in [5.74, 6) is -0.918. The van der Waals surface area contributed by atoms with E-state index in [1.807, 2.05) is 6.92 Å². The first-order valence-electron chi connectivity index (χ1n) is 5.02. The van der Waals surface area contributed by atoms with Gasteiger partial charge in [-0.2, -0.15) is 0 Å². The van der Waals surface area contributed by atoms with Gasteiger partial charge in [0.25, 0.3) is 5.91 Å². The second kappa shape index (κ2) is 5.75. The highest BCUT2D eigenvalue weighted by Gasteiger charge is 2.10. The molecule has 86 valence electrons. The van der Waals surface area contributed by atoms with Gasteiger partial charge in [-0.05, 0) is 18.6 Å². The zero-order valence-electron chi connectivity index (χ0n) is 8.99. The Morgan fingerprint density at radius 3 is 2.56 bits per heavy atom. The Bertz CT molecular complexity index is 391. The molecule has 16 heavy (non-hydrogen) atoms. The van der Waals surface area contributed by atoms with Gasteiger partial charge in [-0.1, -0.05) is 19.1 Å². The highest BCUT2D eigenvalue weighted by molar-refractivity contribution is 5.97. The van der Waals surface area contributed by atoms with Crippen LogP contribution >= 0.6 is 0 Å². The molecule has 5 heteroatoms. The molecule has 0 heterocycles.